The van der Waals surface area contributed by atoms with E-state index in [1.807, 2.05) is 18.2 Å². The molecule has 0 aromatic heterocycles. The van der Waals surface area contributed by atoms with Crippen molar-refractivity contribution >= 4 is 27.8 Å². The van der Waals surface area contributed by atoms with Crippen LogP contribution in [-0.4, -0.2) is 30.1 Å². The third-order valence-electron chi connectivity index (χ3n) is 3.75. The highest BCUT2D eigenvalue weighted by Crippen LogP contribution is 2.26. The van der Waals surface area contributed by atoms with E-state index < -0.39 is 5.97 Å². The van der Waals surface area contributed by atoms with Crippen LogP contribution >= 0.6 is 15.9 Å². The molecule has 1 aliphatic carbocycles. The number of nitrogens with one attached hydrogen (secondary N) is 1. The van der Waals surface area contributed by atoms with Gasteiger partial charge < -0.3 is 15.2 Å². The topological polar surface area (TPSA) is 75.6 Å². The Morgan fingerprint density at radius 2 is 2.19 bits per heavy atom. The van der Waals surface area contributed by atoms with Gasteiger partial charge in [0.25, 0.3) is 0 Å². The van der Waals surface area contributed by atoms with Gasteiger partial charge in [0.05, 0.1) is 19.4 Å². The Bertz CT molecular complexity index is 546. The number of amides is 1. The molecular formula is C15H18BrNO4. The Kier molecular flexibility index (Phi) is 5.22. The molecule has 0 radical (unpaired) electrons. The van der Waals surface area contributed by atoms with E-state index in [2.05, 4.69) is 21.2 Å². The number of aliphatic carboxylic acids is 1. The molecule has 21 heavy (non-hydrogen) atoms. The fourth-order valence-electron chi connectivity index (χ4n) is 2.60. The summed E-state index contributed by atoms with van der Waals surface area (Å²) in [5.41, 5.74) is 0.847. The van der Waals surface area contributed by atoms with Crippen LogP contribution < -0.4 is 10.1 Å². The van der Waals surface area contributed by atoms with Gasteiger partial charge in [0.15, 0.2) is 0 Å². The zero-order valence-corrected chi connectivity index (χ0v) is 13.4. The summed E-state index contributed by atoms with van der Waals surface area (Å²) in [4.78, 5) is 23.0. The first-order chi connectivity index (χ1) is 9.99. The maximum atomic E-state index is 12.1. The molecule has 1 amide bonds. The van der Waals surface area contributed by atoms with Crippen LogP contribution in [-0.2, 0) is 16.0 Å². The summed E-state index contributed by atoms with van der Waals surface area (Å²) >= 11 is 3.42. The van der Waals surface area contributed by atoms with Crippen molar-refractivity contribution in [2.45, 2.75) is 31.7 Å². The largest absolute Gasteiger partial charge is 0.497 e. The lowest BCUT2D eigenvalue weighted by atomic mass is 10.1. The van der Waals surface area contributed by atoms with Gasteiger partial charge in [0.1, 0.15) is 5.75 Å². The average Bonchev–Trinajstić information content (AvgIpc) is 2.90. The number of methoxy groups -OCH3 is 1. The van der Waals surface area contributed by atoms with Gasteiger partial charge in [-0.05, 0) is 43.0 Å². The molecule has 0 saturated heterocycles. The molecule has 0 unspecified atom stereocenters. The fraction of sp³-hybridized carbons (Fsp3) is 0.467. The molecule has 1 fully saturated rings. The van der Waals surface area contributed by atoms with E-state index in [4.69, 9.17) is 9.84 Å². The van der Waals surface area contributed by atoms with E-state index in [0.29, 0.717) is 18.6 Å². The summed E-state index contributed by atoms with van der Waals surface area (Å²) in [5.74, 6) is -0.506. The molecule has 6 heteroatoms. The monoisotopic (exact) mass is 355 g/mol. The minimum Gasteiger partial charge on any atom is -0.497 e. The lowest BCUT2D eigenvalue weighted by Crippen LogP contribution is -2.34. The molecule has 0 bridgehead atoms. The van der Waals surface area contributed by atoms with Crippen LogP contribution in [0.4, 0.5) is 0 Å². The van der Waals surface area contributed by atoms with Gasteiger partial charge in [0, 0.05) is 10.5 Å². The molecule has 1 saturated carbocycles. The van der Waals surface area contributed by atoms with Gasteiger partial charge >= 0.3 is 5.97 Å². The van der Waals surface area contributed by atoms with Crippen LogP contribution in [0.15, 0.2) is 22.7 Å². The molecule has 114 valence electrons. The van der Waals surface area contributed by atoms with Gasteiger partial charge in [-0.3, -0.25) is 9.59 Å². The Hall–Kier alpha value is -1.56. The zero-order chi connectivity index (χ0) is 15.4. The van der Waals surface area contributed by atoms with Gasteiger partial charge in [-0.2, -0.15) is 0 Å². The normalized spacial score (nSPS) is 21.0. The number of ether oxygens (including phenoxy) is 1. The summed E-state index contributed by atoms with van der Waals surface area (Å²) in [6.07, 6.45) is 2.11. The molecule has 1 aliphatic rings. The molecule has 5 nitrogen and oxygen atoms in total. The lowest BCUT2D eigenvalue weighted by molar-refractivity contribution is -0.141. The second kappa shape index (κ2) is 6.93. The Labute approximate surface area is 131 Å². The van der Waals surface area contributed by atoms with Crippen molar-refractivity contribution < 1.29 is 19.4 Å². The first-order valence-electron chi connectivity index (χ1n) is 6.84. The second-order valence-corrected chi connectivity index (χ2v) is 6.10. The first kappa shape index (κ1) is 15.8. The van der Waals surface area contributed by atoms with Crippen molar-refractivity contribution in [2.75, 3.05) is 7.11 Å². The number of rotatable bonds is 5. The van der Waals surface area contributed by atoms with E-state index >= 15 is 0 Å². The summed E-state index contributed by atoms with van der Waals surface area (Å²) in [5, 5.41) is 11.9. The number of carbonyl (C=O) groups is 2. The highest BCUT2D eigenvalue weighted by molar-refractivity contribution is 9.10. The van der Waals surface area contributed by atoms with Gasteiger partial charge in [-0.1, -0.05) is 15.9 Å². The molecule has 2 N–H and O–H groups in total. The molecule has 1 aromatic rings. The van der Waals surface area contributed by atoms with Crippen LogP contribution in [0.25, 0.3) is 0 Å². The van der Waals surface area contributed by atoms with E-state index in [1.54, 1.807) is 7.11 Å². The van der Waals surface area contributed by atoms with Crippen molar-refractivity contribution in [3.05, 3.63) is 28.2 Å². The van der Waals surface area contributed by atoms with Crippen LogP contribution in [0.5, 0.6) is 5.75 Å². The van der Waals surface area contributed by atoms with E-state index in [1.165, 1.54) is 0 Å². The SMILES string of the molecule is COc1ccc(Br)c(CC(=O)N[C@H]2CC[C@@H](C(=O)O)C2)c1. The fourth-order valence-corrected chi connectivity index (χ4v) is 2.99. The molecule has 2 atom stereocenters. The molecule has 2 rings (SSSR count). The summed E-state index contributed by atoms with van der Waals surface area (Å²) < 4.78 is 6.00. The molecule has 0 aliphatic heterocycles. The maximum absolute atomic E-state index is 12.1. The van der Waals surface area contributed by atoms with Gasteiger partial charge in [-0.15, -0.1) is 0 Å². The van der Waals surface area contributed by atoms with E-state index in [9.17, 15) is 9.59 Å². The summed E-state index contributed by atoms with van der Waals surface area (Å²) in [7, 11) is 1.58. The zero-order valence-electron chi connectivity index (χ0n) is 11.8. The van der Waals surface area contributed by atoms with Crippen molar-refractivity contribution in [3.8, 4) is 5.75 Å². The van der Waals surface area contributed by atoms with Crippen molar-refractivity contribution in [1.82, 2.24) is 5.32 Å². The third-order valence-corrected chi connectivity index (χ3v) is 4.52. The Morgan fingerprint density at radius 3 is 2.81 bits per heavy atom. The third kappa shape index (κ3) is 4.20. The Balaban J connectivity index is 1.92. The number of hydrogen-bond donors (Lipinski definition) is 2. The number of benzene rings is 1. The van der Waals surface area contributed by atoms with Crippen molar-refractivity contribution in [2.24, 2.45) is 5.92 Å². The Morgan fingerprint density at radius 1 is 1.43 bits per heavy atom. The molecule has 0 spiro atoms. The number of carboxylic acid groups (broad SMARTS) is 1. The minimum absolute atomic E-state index is 0.0389. The molecular weight excluding hydrogens is 338 g/mol. The van der Waals surface area contributed by atoms with Crippen LogP contribution in [0.3, 0.4) is 0 Å². The van der Waals surface area contributed by atoms with Gasteiger partial charge in [0.2, 0.25) is 5.91 Å². The average molecular weight is 356 g/mol. The van der Waals surface area contributed by atoms with Crippen LogP contribution in [0.2, 0.25) is 0 Å². The highest BCUT2D eigenvalue weighted by Gasteiger charge is 2.30. The summed E-state index contributed by atoms with van der Waals surface area (Å²) in [6, 6.07) is 5.44. The van der Waals surface area contributed by atoms with Crippen molar-refractivity contribution in [3.63, 3.8) is 0 Å². The predicted octanol–water partition coefficient (Wildman–Crippen LogP) is 2.37. The number of carbonyl (C=O) groups excluding carboxylic acids is 1. The molecule has 1 aromatic carbocycles. The summed E-state index contributed by atoms with van der Waals surface area (Å²) in [6.45, 7) is 0. The van der Waals surface area contributed by atoms with Gasteiger partial charge in [-0.25, -0.2) is 0 Å². The maximum Gasteiger partial charge on any atom is 0.306 e. The first-order valence-corrected chi connectivity index (χ1v) is 7.63. The quantitative estimate of drug-likeness (QED) is 0.849. The predicted molar refractivity (Wildman–Crippen MR) is 81.3 cm³/mol. The lowest BCUT2D eigenvalue weighted by Gasteiger charge is -2.13. The van der Waals surface area contributed by atoms with Crippen molar-refractivity contribution in [1.29, 1.82) is 0 Å². The second-order valence-electron chi connectivity index (χ2n) is 5.25. The number of hydrogen-bond acceptors (Lipinski definition) is 3. The number of halogens is 1. The van der Waals surface area contributed by atoms with Crippen LogP contribution in [0, 0.1) is 5.92 Å². The number of carboxylic acids is 1. The van der Waals surface area contributed by atoms with Crippen LogP contribution in [0.1, 0.15) is 24.8 Å². The van der Waals surface area contributed by atoms with E-state index in [0.717, 1.165) is 16.5 Å². The minimum atomic E-state index is -0.776. The van der Waals surface area contributed by atoms with E-state index in [-0.39, 0.29) is 24.3 Å². The smallest absolute Gasteiger partial charge is 0.306 e. The standard InChI is InChI=1S/C15H18BrNO4/c1-21-12-4-5-13(16)10(7-12)8-14(18)17-11-3-2-9(6-11)15(19)20/h4-5,7,9,11H,2-3,6,8H2,1H3,(H,17,18)(H,19,20)/t9-,11+/m1/s1. The highest BCUT2D eigenvalue weighted by atomic mass is 79.9. The molecule has 0 heterocycles.